The van der Waals surface area contributed by atoms with Crippen molar-refractivity contribution in [3.8, 4) is 0 Å². The first-order valence-corrected chi connectivity index (χ1v) is 22.4. The molecule has 0 saturated carbocycles. The van der Waals surface area contributed by atoms with Crippen molar-refractivity contribution in [2.45, 2.75) is 251 Å². The standard InChI is InChI=1S/C45H87NO5/c1-3-5-7-9-11-13-18-23-27-31-35-39-45(50)51-40-36-32-28-24-20-17-15-16-19-22-26-30-34-38-44(49)46-42(41-47)43(48)37-33-29-25-21-14-12-10-8-6-4-2/h9,11,42-43,47-48H,3-8,10,12-41H2,1-2H3,(H,46,49)/b11-9-. The van der Waals surface area contributed by atoms with Crippen LogP contribution in [-0.4, -0.2) is 47.4 Å². The van der Waals surface area contributed by atoms with Crippen molar-refractivity contribution in [1.29, 1.82) is 0 Å². The summed E-state index contributed by atoms with van der Waals surface area (Å²) < 4.78 is 5.43. The maximum atomic E-state index is 12.4. The third-order valence-electron chi connectivity index (χ3n) is 10.3. The quantitative estimate of drug-likeness (QED) is 0.0332. The number of amides is 1. The molecule has 0 heterocycles. The number of carbonyl (C=O) groups is 2. The topological polar surface area (TPSA) is 95.9 Å². The highest BCUT2D eigenvalue weighted by atomic mass is 16.5. The SMILES string of the molecule is CCCC/C=C\CCCCCCCC(=O)OCCCCCCCCCCCCCCCC(=O)NC(CO)C(O)CCCCCCCCCCCC. The first-order valence-electron chi connectivity index (χ1n) is 22.4. The number of rotatable bonds is 41. The first kappa shape index (κ1) is 49.6. The zero-order valence-electron chi connectivity index (χ0n) is 34.1. The maximum absolute atomic E-state index is 12.4. The summed E-state index contributed by atoms with van der Waals surface area (Å²) in [6.45, 7) is 4.86. The Kier molecular flexibility index (Phi) is 40.2. The van der Waals surface area contributed by atoms with Crippen LogP contribution >= 0.6 is 0 Å². The molecule has 0 aliphatic heterocycles. The van der Waals surface area contributed by atoms with Gasteiger partial charge in [0, 0.05) is 12.8 Å². The molecule has 0 radical (unpaired) electrons. The Morgan fingerprint density at radius 1 is 0.529 bits per heavy atom. The van der Waals surface area contributed by atoms with Gasteiger partial charge in [0.25, 0.3) is 0 Å². The van der Waals surface area contributed by atoms with E-state index in [0.717, 1.165) is 51.4 Å². The fourth-order valence-electron chi connectivity index (χ4n) is 6.79. The molecule has 0 saturated heterocycles. The number of carbonyl (C=O) groups excluding carboxylic acids is 2. The number of allylic oxidation sites excluding steroid dienone is 2. The van der Waals surface area contributed by atoms with E-state index in [-0.39, 0.29) is 18.5 Å². The predicted molar refractivity (Wildman–Crippen MR) is 218 cm³/mol. The van der Waals surface area contributed by atoms with Crippen molar-refractivity contribution < 1.29 is 24.5 Å². The van der Waals surface area contributed by atoms with Crippen molar-refractivity contribution in [2.24, 2.45) is 0 Å². The number of unbranched alkanes of at least 4 members (excludes halogenated alkanes) is 28. The summed E-state index contributed by atoms with van der Waals surface area (Å²) in [5.74, 6) is -0.0676. The average Bonchev–Trinajstić information content (AvgIpc) is 3.13. The highest BCUT2D eigenvalue weighted by Crippen LogP contribution is 2.15. The average molecular weight is 722 g/mol. The van der Waals surface area contributed by atoms with Gasteiger partial charge in [-0.3, -0.25) is 9.59 Å². The third-order valence-corrected chi connectivity index (χ3v) is 10.3. The minimum atomic E-state index is -0.669. The summed E-state index contributed by atoms with van der Waals surface area (Å²) >= 11 is 0. The Morgan fingerprint density at radius 2 is 0.941 bits per heavy atom. The van der Waals surface area contributed by atoms with Gasteiger partial charge >= 0.3 is 5.97 Å². The lowest BCUT2D eigenvalue weighted by atomic mass is 10.0. The fraction of sp³-hybridized carbons (Fsp3) is 0.911. The second-order valence-electron chi connectivity index (χ2n) is 15.4. The molecule has 2 atom stereocenters. The number of aliphatic hydroxyl groups excluding tert-OH is 2. The van der Waals surface area contributed by atoms with E-state index < -0.39 is 12.1 Å². The zero-order chi connectivity index (χ0) is 37.3. The van der Waals surface area contributed by atoms with Gasteiger partial charge in [-0.15, -0.1) is 0 Å². The molecule has 0 spiro atoms. The zero-order valence-corrected chi connectivity index (χ0v) is 34.1. The van der Waals surface area contributed by atoms with Crippen molar-refractivity contribution in [3.05, 3.63) is 12.2 Å². The van der Waals surface area contributed by atoms with Gasteiger partial charge in [-0.05, 0) is 44.9 Å². The largest absolute Gasteiger partial charge is 0.466 e. The van der Waals surface area contributed by atoms with Crippen LogP contribution in [0.1, 0.15) is 239 Å². The van der Waals surface area contributed by atoms with E-state index in [4.69, 9.17) is 4.74 Å². The normalized spacial score (nSPS) is 12.8. The first-order chi connectivity index (χ1) is 25.0. The van der Waals surface area contributed by atoms with Gasteiger partial charge < -0.3 is 20.3 Å². The van der Waals surface area contributed by atoms with Crippen LogP contribution in [0.15, 0.2) is 12.2 Å². The van der Waals surface area contributed by atoms with Crippen LogP contribution in [-0.2, 0) is 14.3 Å². The van der Waals surface area contributed by atoms with Crippen molar-refractivity contribution >= 4 is 11.9 Å². The number of hydrogen-bond donors (Lipinski definition) is 3. The highest BCUT2D eigenvalue weighted by Gasteiger charge is 2.20. The van der Waals surface area contributed by atoms with Gasteiger partial charge in [0.15, 0.2) is 0 Å². The molecule has 6 heteroatoms. The van der Waals surface area contributed by atoms with E-state index in [1.807, 2.05) is 0 Å². The smallest absolute Gasteiger partial charge is 0.305 e. The van der Waals surface area contributed by atoms with Crippen LogP contribution in [0.3, 0.4) is 0 Å². The van der Waals surface area contributed by atoms with Crippen LogP contribution in [0.25, 0.3) is 0 Å². The molecule has 0 aromatic heterocycles. The molecule has 2 unspecified atom stereocenters. The summed E-state index contributed by atoms with van der Waals surface area (Å²) in [6.07, 6.45) is 44.5. The molecule has 0 fully saturated rings. The Morgan fingerprint density at radius 3 is 1.45 bits per heavy atom. The van der Waals surface area contributed by atoms with Crippen LogP contribution in [0.2, 0.25) is 0 Å². The van der Waals surface area contributed by atoms with Crippen LogP contribution in [0, 0.1) is 0 Å². The molecule has 0 aliphatic rings. The van der Waals surface area contributed by atoms with Crippen LogP contribution < -0.4 is 5.32 Å². The molecule has 3 N–H and O–H groups in total. The maximum Gasteiger partial charge on any atom is 0.305 e. The summed E-state index contributed by atoms with van der Waals surface area (Å²) in [5.41, 5.74) is 0. The van der Waals surface area contributed by atoms with E-state index in [0.29, 0.717) is 25.9 Å². The van der Waals surface area contributed by atoms with E-state index in [2.05, 4.69) is 31.3 Å². The number of nitrogens with one attached hydrogen (secondary N) is 1. The number of ether oxygens (including phenoxy) is 1. The van der Waals surface area contributed by atoms with Crippen molar-refractivity contribution in [3.63, 3.8) is 0 Å². The van der Waals surface area contributed by atoms with Gasteiger partial charge in [-0.1, -0.05) is 193 Å². The lowest BCUT2D eigenvalue weighted by Gasteiger charge is -2.22. The second-order valence-corrected chi connectivity index (χ2v) is 15.4. The van der Waals surface area contributed by atoms with Crippen LogP contribution in [0.4, 0.5) is 0 Å². The molecule has 51 heavy (non-hydrogen) atoms. The molecular weight excluding hydrogens is 634 g/mol. The summed E-state index contributed by atoms with van der Waals surface area (Å²) in [7, 11) is 0. The number of aliphatic hydroxyl groups is 2. The Bertz CT molecular complexity index is 757. The summed E-state index contributed by atoms with van der Waals surface area (Å²) in [4.78, 5) is 24.3. The van der Waals surface area contributed by atoms with Gasteiger partial charge in [0.2, 0.25) is 5.91 Å². The van der Waals surface area contributed by atoms with Gasteiger partial charge in [-0.25, -0.2) is 0 Å². The predicted octanol–water partition coefficient (Wildman–Crippen LogP) is 12.6. The molecule has 1 amide bonds. The Hall–Kier alpha value is -1.40. The molecule has 0 aromatic carbocycles. The molecule has 0 rings (SSSR count). The van der Waals surface area contributed by atoms with E-state index in [1.165, 1.54) is 154 Å². The van der Waals surface area contributed by atoms with Crippen molar-refractivity contribution in [2.75, 3.05) is 13.2 Å². The number of esters is 1. The molecular formula is C45H87NO5. The highest BCUT2D eigenvalue weighted by molar-refractivity contribution is 5.76. The van der Waals surface area contributed by atoms with Crippen LogP contribution in [0.5, 0.6) is 0 Å². The Labute approximate surface area is 317 Å². The fourth-order valence-corrected chi connectivity index (χ4v) is 6.79. The van der Waals surface area contributed by atoms with Crippen molar-refractivity contribution in [1.82, 2.24) is 5.32 Å². The third kappa shape index (κ3) is 38.1. The molecule has 0 bridgehead atoms. The van der Waals surface area contributed by atoms with Gasteiger partial charge in [-0.2, -0.15) is 0 Å². The minimum absolute atomic E-state index is 0.0171. The minimum Gasteiger partial charge on any atom is -0.466 e. The lowest BCUT2D eigenvalue weighted by molar-refractivity contribution is -0.143. The van der Waals surface area contributed by atoms with E-state index in [1.54, 1.807) is 0 Å². The monoisotopic (exact) mass is 722 g/mol. The summed E-state index contributed by atoms with van der Waals surface area (Å²) in [5, 5.41) is 23.0. The second kappa shape index (κ2) is 41.4. The van der Waals surface area contributed by atoms with E-state index >= 15 is 0 Å². The molecule has 6 nitrogen and oxygen atoms in total. The summed E-state index contributed by atoms with van der Waals surface area (Å²) in [6, 6.07) is -0.548. The Balaban J connectivity index is 3.45. The number of hydrogen-bond acceptors (Lipinski definition) is 5. The van der Waals surface area contributed by atoms with E-state index in [9.17, 15) is 19.8 Å². The van der Waals surface area contributed by atoms with Gasteiger partial charge in [0.1, 0.15) is 0 Å². The molecule has 0 aliphatic carbocycles. The molecule has 0 aromatic rings. The van der Waals surface area contributed by atoms with Gasteiger partial charge in [0.05, 0.1) is 25.4 Å². The lowest BCUT2D eigenvalue weighted by Crippen LogP contribution is -2.45. The molecule has 302 valence electrons.